The van der Waals surface area contributed by atoms with Gasteiger partial charge in [0.1, 0.15) is 24.0 Å². The molecule has 0 amide bonds. The van der Waals surface area contributed by atoms with E-state index in [-0.39, 0.29) is 18.3 Å². The van der Waals surface area contributed by atoms with Crippen LogP contribution in [0.25, 0.3) is 11.0 Å². The average molecular weight is 557 g/mol. The second-order valence-corrected chi connectivity index (χ2v) is 11.5. The van der Waals surface area contributed by atoms with E-state index in [2.05, 4.69) is 9.88 Å². The fourth-order valence-corrected chi connectivity index (χ4v) is 6.34. The molecular weight excluding hydrogens is 519 g/mol. The molecule has 2 aromatic heterocycles. The number of aliphatic carboxylic acids is 1. The molecule has 0 spiro atoms. The molecule has 41 heavy (non-hydrogen) atoms. The van der Waals surface area contributed by atoms with Gasteiger partial charge in [-0.25, -0.2) is 9.37 Å². The van der Waals surface area contributed by atoms with Crippen LogP contribution in [0.3, 0.4) is 0 Å². The highest BCUT2D eigenvalue weighted by molar-refractivity contribution is 5.79. The van der Waals surface area contributed by atoms with Gasteiger partial charge in [-0.2, -0.15) is 0 Å². The lowest BCUT2D eigenvalue weighted by atomic mass is 9.78. The first-order valence-electron chi connectivity index (χ1n) is 14.8. The Morgan fingerprint density at radius 3 is 2.63 bits per heavy atom. The number of pyridine rings is 1. The van der Waals surface area contributed by atoms with Crippen molar-refractivity contribution in [3.05, 3.63) is 83.2 Å². The minimum atomic E-state index is -0.791. The van der Waals surface area contributed by atoms with E-state index in [4.69, 9.17) is 9.72 Å². The SMILES string of the molecule is Cc1ccc(COc2ccc3nc(C4CCCC[C@H]4C(=O)O)n(Cc4cc(N5CCCCC5)ccc4F)c3c2)nc1. The number of fused-ring (bicyclic) bond motifs is 1. The highest BCUT2D eigenvalue weighted by atomic mass is 19.1. The van der Waals surface area contributed by atoms with Crippen LogP contribution in [-0.2, 0) is 17.9 Å². The van der Waals surface area contributed by atoms with E-state index in [1.807, 2.05) is 60.2 Å². The molecule has 2 aliphatic rings. The van der Waals surface area contributed by atoms with Crippen LogP contribution in [-0.4, -0.2) is 38.7 Å². The summed E-state index contributed by atoms with van der Waals surface area (Å²) in [4.78, 5) is 24.0. The Morgan fingerprint density at radius 1 is 1.02 bits per heavy atom. The van der Waals surface area contributed by atoms with Crippen molar-refractivity contribution in [3.63, 3.8) is 0 Å². The van der Waals surface area contributed by atoms with Gasteiger partial charge in [-0.3, -0.25) is 9.78 Å². The largest absolute Gasteiger partial charge is 0.487 e. The fourth-order valence-electron chi connectivity index (χ4n) is 6.34. The molecule has 4 aromatic rings. The first kappa shape index (κ1) is 27.2. The molecule has 1 N–H and O–H groups in total. The monoisotopic (exact) mass is 556 g/mol. The Bertz CT molecular complexity index is 1530. The van der Waals surface area contributed by atoms with Gasteiger partial charge in [0.2, 0.25) is 0 Å². The van der Waals surface area contributed by atoms with Crippen molar-refractivity contribution in [2.24, 2.45) is 5.92 Å². The maximum atomic E-state index is 15.3. The van der Waals surface area contributed by atoms with Gasteiger partial charge in [0.05, 0.1) is 29.2 Å². The summed E-state index contributed by atoms with van der Waals surface area (Å²) in [6, 6.07) is 15.1. The zero-order chi connectivity index (χ0) is 28.3. The van der Waals surface area contributed by atoms with Crippen LogP contribution in [0.5, 0.6) is 5.75 Å². The fraction of sp³-hybridized carbons (Fsp3) is 0.424. The summed E-state index contributed by atoms with van der Waals surface area (Å²) in [5.41, 5.74) is 5.09. The van der Waals surface area contributed by atoms with Gasteiger partial charge in [-0.05, 0) is 81.0 Å². The predicted octanol–water partition coefficient (Wildman–Crippen LogP) is 6.85. The Hall–Kier alpha value is -3.94. The molecule has 214 valence electrons. The number of nitrogens with zero attached hydrogens (tertiary/aromatic N) is 4. The van der Waals surface area contributed by atoms with Crippen LogP contribution in [0.15, 0.2) is 54.7 Å². The third-order valence-corrected chi connectivity index (χ3v) is 8.60. The zero-order valence-electron chi connectivity index (χ0n) is 23.6. The lowest BCUT2D eigenvalue weighted by molar-refractivity contribution is -0.143. The lowest BCUT2D eigenvalue weighted by Gasteiger charge is -2.30. The molecule has 1 unspecified atom stereocenters. The standard InChI is InChI=1S/C33H37FN4O3/c1-22-9-10-24(35-19-22)21-41-26-12-14-30-31(18-26)38(32(36-30)27-7-3-4-8-28(27)33(39)40)20-23-17-25(11-13-29(23)34)37-15-5-2-6-16-37/h9-14,17-19,27-28H,2-8,15-16,20-21H2,1H3,(H,39,40)/t27?,28-/m1/s1. The normalized spacial score (nSPS) is 19.4. The summed E-state index contributed by atoms with van der Waals surface area (Å²) in [7, 11) is 0. The van der Waals surface area contributed by atoms with Crippen molar-refractivity contribution in [2.75, 3.05) is 18.0 Å². The molecule has 3 heterocycles. The Labute approximate surface area is 240 Å². The highest BCUT2D eigenvalue weighted by Crippen LogP contribution is 2.40. The molecule has 1 aliphatic heterocycles. The number of rotatable bonds is 8. The van der Waals surface area contributed by atoms with Gasteiger partial charge in [0.15, 0.2) is 0 Å². The van der Waals surface area contributed by atoms with Crippen molar-refractivity contribution >= 4 is 22.7 Å². The van der Waals surface area contributed by atoms with E-state index in [0.717, 1.165) is 73.2 Å². The van der Waals surface area contributed by atoms with Gasteiger partial charge in [-0.1, -0.05) is 18.9 Å². The Morgan fingerprint density at radius 2 is 1.85 bits per heavy atom. The summed E-state index contributed by atoms with van der Waals surface area (Å²) >= 11 is 0. The van der Waals surface area contributed by atoms with Crippen molar-refractivity contribution in [2.45, 2.75) is 70.9 Å². The van der Waals surface area contributed by atoms with Crippen molar-refractivity contribution < 1.29 is 19.0 Å². The zero-order valence-corrected chi connectivity index (χ0v) is 23.6. The molecule has 6 rings (SSSR count). The van der Waals surface area contributed by atoms with Gasteiger partial charge >= 0.3 is 5.97 Å². The topological polar surface area (TPSA) is 80.5 Å². The van der Waals surface area contributed by atoms with E-state index in [9.17, 15) is 9.90 Å². The van der Waals surface area contributed by atoms with Crippen LogP contribution in [0.4, 0.5) is 10.1 Å². The smallest absolute Gasteiger partial charge is 0.307 e. The van der Waals surface area contributed by atoms with Crippen LogP contribution < -0.4 is 9.64 Å². The van der Waals surface area contributed by atoms with Crippen molar-refractivity contribution in [1.29, 1.82) is 0 Å². The summed E-state index contributed by atoms with van der Waals surface area (Å²) < 4.78 is 23.5. The van der Waals surface area contributed by atoms with Crippen LogP contribution >= 0.6 is 0 Å². The molecular formula is C33H37FN4O3. The third kappa shape index (κ3) is 5.92. The minimum Gasteiger partial charge on any atom is -0.487 e. The first-order valence-corrected chi connectivity index (χ1v) is 14.8. The Balaban J connectivity index is 1.38. The van der Waals surface area contributed by atoms with E-state index < -0.39 is 11.9 Å². The van der Waals surface area contributed by atoms with Gasteiger partial charge < -0.3 is 19.3 Å². The summed E-state index contributed by atoms with van der Waals surface area (Å²) in [6.45, 7) is 4.54. The number of piperidine rings is 1. The quantitative estimate of drug-likeness (QED) is 0.256. The molecule has 0 bridgehead atoms. The van der Waals surface area contributed by atoms with Crippen LogP contribution in [0, 0.1) is 18.7 Å². The molecule has 0 radical (unpaired) electrons. The number of anilines is 1. The molecule has 2 fully saturated rings. The molecule has 2 aromatic carbocycles. The second-order valence-electron chi connectivity index (χ2n) is 11.5. The van der Waals surface area contributed by atoms with E-state index in [1.54, 1.807) is 6.07 Å². The summed E-state index contributed by atoms with van der Waals surface area (Å²) in [5, 5.41) is 10.1. The first-order chi connectivity index (χ1) is 20.0. The maximum Gasteiger partial charge on any atom is 0.307 e. The summed E-state index contributed by atoms with van der Waals surface area (Å²) in [5.74, 6) is -0.424. The van der Waals surface area contributed by atoms with Gasteiger partial charge in [0, 0.05) is 42.5 Å². The lowest BCUT2D eigenvalue weighted by Crippen LogP contribution is -2.29. The number of hydrogen-bond acceptors (Lipinski definition) is 5. The van der Waals surface area contributed by atoms with Crippen molar-refractivity contribution in [3.8, 4) is 5.75 Å². The number of imidazole rings is 1. The average Bonchev–Trinajstić information content (AvgIpc) is 3.35. The highest BCUT2D eigenvalue weighted by Gasteiger charge is 2.35. The van der Waals surface area contributed by atoms with Crippen molar-refractivity contribution in [1.82, 2.24) is 14.5 Å². The number of aryl methyl sites for hydroxylation is 1. The maximum absolute atomic E-state index is 15.3. The number of hydrogen-bond donors (Lipinski definition) is 1. The number of carboxylic acids is 1. The molecule has 8 heteroatoms. The summed E-state index contributed by atoms with van der Waals surface area (Å²) in [6.07, 6.45) is 8.55. The number of benzene rings is 2. The van der Waals surface area contributed by atoms with Gasteiger partial charge in [-0.15, -0.1) is 0 Å². The number of carbonyl (C=O) groups is 1. The van der Waals surface area contributed by atoms with E-state index in [0.29, 0.717) is 30.2 Å². The number of ether oxygens (including phenoxy) is 1. The minimum absolute atomic E-state index is 0.233. The molecule has 1 aliphatic carbocycles. The molecule has 1 saturated heterocycles. The third-order valence-electron chi connectivity index (χ3n) is 8.60. The van der Waals surface area contributed by atoms with Crippen LogP contribution in [0.1, 0.15) is 73.5 Å². The molecule has 2 atom stereocenters. The number of carboxylic acid groups (broad SMARTS) is 1. The molecule has 7 nitrogen and oxygen atoms in total. The molecule has 1 saturated carbocycles. The number of halogens is 1. The predicted molar refractivity (Wildman–Crippen MR) is 157 cm³/mol. The number of aromatic nitrogens is 3. The van der Waals surface area contributed by atoms with E-state index in [1.165, 1.54) is 6.42 Å². The van der Waals surface area contributed by atoms with Gasteiger partial charge in [0.25, 0.3) is 0 Å². The Kier molecular flexibility index (Phi) is 7.90. The van der Waals surface area contributed by atoms with Crippen LogP contribution in [0.2, 0.25) is 0 Å². The van der Waals surface area contributed by atoms with E-state index >= 15 is 4.39 Å². The second kappa shape index (κ2) is 11.9.